The van der Waals surface area contributed by atoms with Gasteiger partial charge in [-0.05, 0) is 37.5 Å². The lowest BCUT2D eigenvalue weighted by Crippen LogP contribution is -2.41. The highest BCUT2D eigenvalue weighted by Crippen LogP contribution is 2.23. The lowest BCUT2D eigenvalue weighted by atomic mass is 9.95. The van der Waals surface area contributed by atoms with Crippen molar-refractivity contribution in [3.63, 3.8) is 0 Å². The van der Waals surface area contributed by atoms with E-state index in [1.165, 1.54) is 18.2 Å². The van der Waals surface area contributed by atoms with Crippen LogP contribution >= 0.6 is 11.6 Å². The van der Waals surface area contributed by atoms with Gasteiger partial charge in [-0.3, -0.25) is 0 Å². The van der Waals surface area contributed by atoms with Gasteiger partial charge in [-0.1, -0.05) is 25.4 Å². The highest BCUT2D eigenvalue weighted by molar-refractivity contribution is 7.89. The second-order valence-electron chi connectivity index (χ2n) is 5.68. The van der Waals surface area contributed by atoms with Gasteiger partial charge in [0.2, 0.25) is 10.0 Å². The summed E-state index contributed by atoms with van der Waals surface area (Å²) in [6.07, 6.45) is 0.469. The van der Waals surface area contributed by atoms with Crippen LogP contribution in [0.2, 0.25) is 5.02 Å². The standard InChI is InChI=1S/C14H19ClN2O3S/c1-10(2)7-14(3,18)9-17-21(19,20)13-5-4-11(8-16)6-12(13)15/h4-6,10,17-18H,7,9H2,1-3H3. The molecule has 1 aromatic rings. The largest absolute Gasteiger partial charge is 0.389 e. The van der Waals surface area contributed by atoms with Crippen LogP contribution in [0.25, 0.3) is 0 Å². The second kappa shape index (κ2) is 6.75. The molecule has 5 nitrogen and oxygen atoms in total. The molecular formula is C14H19ClN2O3S. The number of nitrogens with one attached hydrogen (secondary N) is 1. The summed E-state index contributed by atoms with van der Waals surface area (Å²) in [5.41, 5.74) is -0.855. The predicted octanol–water partition coefficient (Wildman–Crippen LogP) is 2.29. The van der Waals surface area contributed by atoms with Crippen LogP contribution in [-0.2, 0) is 10.0 Å². The van der Waals surface area contributed by atoms with Crippen LogP contribution in [0.5, 0.6) is 0 Å². The molecule has 116 valence electrons. The molecule has 0 fully saturated rings. The maximum atomic E-state index is 12.2. The average Bonchev–Trinajstić information content (AvgIpc) is 2.34. The third-order valence-corrected chi connectivity index (χ3v) is 4.73. The van der Waals surface area contributed by atoms with E-state index in [1.807, 2.05) is 19.9 Å². The van der Waals surface area contributed by atoms with Crippen LogP contribution < -0.4 is 4.72 Å². The molecule has 0 aliphatic carbocycles. The highest BCUT2D eigenvalue weighted by atomic mass is 35.5. The van der Waals surface area contributed by atoms with Gasteiger partial charge in [0.15, 0.2) is 0 Å². The van der Waals surface area contributed by atoms with Crippen molar-refractivity contribution < 1.29 is 13.5 Å². The van der Waals surface area contributed by atoms with Gasteiger partial charge in [-0.25, -0.2) is 13.1 Å². The summed E-state index contributed by atoms with van der Waals surface area (Å²) in [5, 5.41) is 18.9. The van der Waals surface area contributed by atoms with Gasteiger partial charge < -0.3 is 5.11 Å². The molecule has 7 heteroatoms. The van der Waals surface area contributed by atoms with Crippen LogP contribution in [-0.4, -0.2) is 25.7 Å². The summed E-state index contributed by atoms with van der Waals surface area (Å²) >= 11 is 5.89. The Morgan fingerprint density at radius 1 is 1.48 bits per heavy atom. The molecule has 1 atom stereocenters. The number of hydrogen-bond acceptors (Lipinski definition) is 4. The van der Waals surface area contributed by atoms with Crippen molar-refractivity contribution in [2.45, 2.75) is 37.7 Å². The zero-order valence-electron chi connectivity index (χ0n) is 12.2. The molecule has 2 N–H and O–H groups in total. The van der Waals surface area contributed by atoms with Crippen LogP contribution in [0.4, 0.5) is 0 Å². The van der Waals surface area contributed by atoms with Crippen LogP contribution in [0.3, 0.4) is 0 Å². The topological polar surface area (TPSA) is 90.2 Å². The van der Waals surface area contributed by atoms with Crippen molar-refractivity contribution in [3.8, 4) is 6.07 Å². The Balaban J connectivity index is 2.91. The zero-order valence-corrected chi connectivity index (χ0v) is 13.8. The van der Waals surface area contributed by atoms with Crippen molar-refractivity contribution in [1.82, 2.24) is 4.72 Å². The number of nitrogens with zero attached hydrogens (tertiary/aromatic N) is 1. The molecule has 0 heterocycles. The van der Waals surface area contributed by atoms with E-state index in [-0.39, 0.29) is 27.9 Å². The minimum Gasteiger partial charge on any atom is -0.389 e. The molecule has 0 amide bonds. The average molecular weight is 331 g/mol. The third kappa shape index (κ3) is 5.29. The highest BCUT2D eigenvalue weighted by Gasteiger charge is 2.26. The van der Waals surface area contributed by atoms with E-state index in [0.29, 0.717) is 6.42 Å². The van der Waals surface area contributed by atoms with Gasteiger partial charge in [0.25, 0.3) is 0 Å². The van der Waals surface area contributed by atoms with Crippen molar-refractivity contribution in [3.05, 3.63) is 28.8 Å². The van der Waals surface area contributed by atoms with E-state index < -0.39 is 15.6 Å². The summed E-state index contributed by atoms with van der Waals surface area (Å²) in [7, 11) is -3.84. The van der Waals surface area contributed by atoms with Crippen LogP contribution in [0.15, 0.2) is 23.1 Å². The van der Waals surface area contributed by atoms with Crippen molar-refractivity contribution in [1.29, 1.82) is 5.26 Å². The van der Waals surface area contributed by atoms with Gasteiger partial charge >= 0.3 is 0 Å². The smallest absolute Gasteiger partial charge is 0.242 e. The molecule has 0 aliphatic rings. The summed E-state index contributed by atoms with van der Waals surface area (Å²) in [6, 6.07) is 5.84. The van der Waals surface area contributed by atoms with Crippen LogP contribution in [0, 0.1) is 17.2 Å². The minimum absolute atomic E-state index is 0.0231. The maximum Gasteiger partial charge on any atom is 0.242 e. The molecule has 21 heavy (non-hydrogen) atoms. The van der Waals surface area contributed by atoms with Gasteiger partial charge in [-0.15, -0.1) is 0 Å². The summed E-state index contributed by atoms with van der Waals surface area (Å²) in [6.45, 7) is 5.36. The Hall–Kier alpha value is -1.13. The first-order valence-corrected chi connectivity index (χ1v) is 8.35. The fraction of sp³-hybridized carbons (Fsp3) is 0.500. The van der Waals surface area contributed by atoms with Gasteiger partial charge in [0.05, 0.1) is 22.3 Å². The lowest BCUT2D eigenvalue weighted by molar-refractivity contribution is 0.0437. The molecule has 1 unspecified atom stereocenters. The number of sulfonamides is 1. The number of nitriles is 1. The quantitative estimate of drug-likeness (QED) is 0.837. The Kier molecular flexibility index (Phi) is 5.76. The number of benzene rings is 1. The van der Waals surface area contributed by atoms with E-state index in [4.69, 9.17) is 16.9 Å². The first-order chi connectivity index (χ1) is 9.57. The number of halogens is 1. The summed E-state index contributed by atoms with van der Waals surface area (Å²) in [4.78, 5) is -0.108. The van der Waals surface area contributed by atoms with Crippen LogP contribution in [0.1, 0.15) is 32.8 Å². The monoisotopic (exact) mass is 330 g/mol. The number of aliphatic hydroxyl groups is 1. The van der Waals surface area contributed by atoms with E-state index in [1.54, 1.807) is 6.92 Å². The maximum absolute atomic E-state index is 12.2. The van der Waals surface area contributed by atoms with Crippen molar-refractivity contribution in [2.75, 3.05) is 6.54 Å². The Morgan fingerprint density at radius 3 is 2.57 bits per heavy atom. The van der Waals surface area contributed by atoms with Gasteiger partial charge in [0.1, 0.15) is 4.90 Å². The Labute approximate surface area is 130 Å². The van der Waals surface area contributed by atoms with Crippen molar-refractivity contribution >= 4 is 21.6 Å². The van der Waals surface area contributed by atoms with E-state index >= 15 is 0 Å². The molecule has 0 aromatic heterocycles. The molecule has 0 bridgehead atoms. The molecule has 0 saturated carbocycles. The first-order valence-electron chi connectivity index (χ1n) is 6.49. The molecular weight excluding hydrogens is 312 g/mol. The molecule has 1 rings (SSSR count). The Morgan fingerprint density at radius 2 is 2.10 bits per heavy atom. The summed E-state index contributed by atoms with van der Waals surface area (Å²) < 4.78 is 26.7. The fourth-order valence-electron chi connectivity index (χ4n) is 2.07. The van der Waals surface area contributed by atoms with Gasteiger partial charge in [-0.2, -0.15) is 5.26 Å². The van der Waals surface area contributed by atoms with Gasteiger partial charge in [0, 0.05) is 6.54 Å². The van der Waals surface area contributed by atoms with Crippen molar-refractivity contribution in [2.24, 2.45) is 5.92 Å². The summed E-state index contributed by atoms with van der Waals surface area (Å²) in [5.74, 6) is 0.239. The molecule has 0 saturated heterocycles. The Bertz CT molecular complexity index is 649. The lowest BCUT2D eigenvalue weighted by Gasteiger charge is -2.25. The predicted molar refractivity (Wildman–Crippen MR) is 81.4 cm³/mol. The van der Waals surface area contributed by atoms with E-state index in [0.717, 1.165) is 0 Å². The normalized spacial score (nSPS) is 14.7. The molecule has 1 aromatic carbocycles. The first kappa shape index (κ1) is 17.9. The minimum atomic E-state index is -3.84. The van der Waals surface area contributed by atoms with E-state index in [9.17, 15) is 13.5 Å². The second-order valence-corrected chi connectivity index (χ2v) is 7.82. The molecule has 0 aliphatic heterocycles. The molecule has 0 radical (unpaired) electrons. The fourth-order valence-corrected chi connectivity index (χ4v) is 3.77. The molecule has 0 spiro atoms. The third-order valence-electron chi connectivity index (χ3n) is 2.84. The number of rotatable bonds is 6. The van der Waals surface area contributed by atoms with E-state index in [2.05, 4.69) is 4.72 Å². The SMILES string of the molecule is CC(C)CC(C)(O)CNS(=O)(=O)c1ccc(C#N)cc1Cl. The zero-order chi connectivity index (χ0) is 16.3. The number of hydrogen-bond donors (Lipinski definition) is 2.